The maximum absolute atomic E-state index is 13.0. The first kappa shape index (κ1) is 19.6. The van der Waals surface area contributed by atoms with E-state index < -0.39 is 11.7 Å². The molecule has 26 heavy (non-hydrogen) atoms. The number of piperidine rings is 1. The molecule has 6 heteroatoms. The van der Waals surface area contributed by atoms with Crippen molar-refractivity contribution in [3.63, 3.8) is 0 Å². The summed E-state index contributed by atoms with van der Waals surface area (Å²) in [7, 11) is 4.33. The van der Waals surface area contributed by atoms with Gasteiger partial charge in [-0.3, -0.25) is 4.90 Å². The lowest BCUT2D eigenvalue weighted by Gasteiger charge is -2.48. The third kappa shape index (κ3) is 4.59. The Morgan fingerprint density at radius 1 is 1.31 bits per heavy atom. The van der Waals surface area contributed by atoms with Gasteiger partial charge in [0.15, 0.2) is 0 Å². The highest BCUT2D eigenvalue weighted by atomic mass is 19.4. The van der Waals surface area contributed by atoms with Gasteiger partial charge in [-0.2, -0.15) is 13.2 Å². The molecule has 1 N–H and O–H groups in total. The molecule has 2 fully saturated rings. The van der Waals surface area contributed by atoms with Gasteiger partial charge in [-0.1, -0.05) is 18.2 Å². The molecule has 2 aliphatic heterocycles. The zero-order valence-corrected chi connectivity index (χ0v) is 15.8. The van der Waals surface area contributed by atoms with Gasteiger partial charge < -0.3 is 10.2 Å². The first-order valence-electron chi connectivity index (χ1n) is 9.55. The van der Waals surface area contributed by atoms with Crippen LogP contribution in [0, 0.1) is 5.92 Å². The van der Waals surface area contributed by atoms with Crippen LogP contribution in [0.3, 0.4) is 0 Å². The topological polar surface area (TPSA) is 18.5 Å². The predicted molar refractivity (Wildman–Crippen MR) is 98.2 cm³/mol. The summed E-state index contributed by atoms with van der Waals surface area (Å²) < 4.78 is 38.9. The van der Waals surface area contributed by atoms with Crippen molar-refractivity contribution < 1.29 is 13.2 Å². The highest BCUT2D eigenvalue weighted by Gasteiger charge is 2.38. The second kappa shape index (κ2) is 7.87. The first-order valence-corrected chi connectivity index (χ1v) is 9.55. The summed E-state index contributed by atoms with van der Waals surface area (Å²) in [5.74, 6) is 0.706. The Hall–Kier alpha value is -1.11. The van der Waals surface area contributed by atoms with Crippen LogP contribution in [-0.4, -0.2) is 62.2 Å². The number of nitrogens with one attached hydrogen (secondary N) is 1. The Labute approximate surface area is 154 Å². The second-order valence-corrected chi connectivity index (χ2v) is 8.17. The average molecular weight is 369 g/mol. The zero-order chi connectivity index (χ0) is 18.8. The van der Waals surface area contributed by atoms with E-state index in [1.807, 2.05) is 6.07 Å². The Bertz CT molecular complexity index is 590. The van der Waals surface area contributed by atoms with Crippen molar-refractivity contribution >= 4 is 0 Å². The quantitative estimate of drug-likeness (QED) is 0.830. The minimum Gasteiger partial charge on any atom is -0.315 e. The third-order valence-corrected chi connectivity index (χ3v) is 6.06. The monoisotopic (exact) mass is 369 g/mol. The molecule has 1 aromatic carbocycles. The molecule has 1 atom stereocenters. The lowest BCUT2D eigenvalue weighted by Crippen LogP contribution is -2.60. The van der Waals surface area contributed by atoms with Crippen molar-refractivity contribution in [3.05, 3.63) is 35.4 Å². The molecule has 0 spiro atoms. The standard InChI is InChI=1S/C20H30F3N3/c1-25-12-17(13-25)14-26(2)19(8-4-10-24-15-19)9-7-16-5-3-6-18(11-16)20(21,22)23/h3,5-6,11,17,24H,4,7-10,12-15H2,1-2H3/t19-/m0/s1. The summed E-state index contributed by atoms with van der Waals surface area (Å²) >= 11 is 0. The minimum absolute atomic E-state index is 0.0423. The second-order valence-electron chi connectivity index (χ2n) is 8.17. The average Bonchev–Trinajstić information content (AvgIpc) is 2.59. The first-order chi connectivity index (χ1) is 12.3. The highest BCUT2D eigenvalue weighted by molar-refractivity contribution is 5.26. The molecule has 2 heterocycles. The van der Waals surface area contributed by atoms with Gasteiger partial charge in [-0.25, -0.2) is 0 Å². The van der Waals surface area contributed by atoms with E-state index >= 15 is 0 Å². The van der Waals surface area contributed by atoms with Gasteiger partial charge in [0.1, 0.15) is 0 Å². The number of hydrogen-bond acceptors (Lipinski definition) is 3. The van der Waals surface area contributed by atoms with Crippen LogP contribution in [0.2, 0.25) is 0 Å². The maximum atomic E-state index is 13.0. The third-order valence-electron chi connectivity index (χ3n) is 6.06. The minimum atomic E-state index is -4.27. The molecular weight excluding hydrogens is 339 g/mol. The molecule has 1 aromatic rings. The fourth-order valence-electron chi connectivity index (χ4n) is 4.49. The largest absolute Gasteiger partial charge is 0.416 e. The summed E-state index contributed by atoms with van der Waals surface area (Å²) in [4.78, 5) is 4.80. The number of alkyl halides is 3. The van der Waals surface area contributed by atoms with E-state index in [4.69, 9.17) is 0 Å². The van der Waals surface area contributed by atoms with E-state index in [0.717, 1.165) is 63.6 Å². The van der Waals surface area contributed by atoms with Crippen LogP contribution in [0.4, 0.5) is 13.2 Å². The fraction of sp³-hybridized carbons (Fsp3) is 0.700. The summed E-state index contributed by atoms with van der Waals surface area (Å²) in [5.41, 5.74) is 0.277. The van der Waals surface area contributed by atoms with Gasteiger partial charge in [-0.15, -0.1) is 0 Å². The summed E-state index contributed by atoms with van der Waals surface area (Å²) in [6.07, 6.45) is -0.469. The molecule has 0 radical (unpaired) electrons. The number of halogens is 3. The van der Waals surface area contributed by atoms with Crippen LogP contribution in [0.15, 0.2) is 24.3 Å². The molecule has 0 bridgehead atoms. The van der Waals surface area contributed by atoms with E-state index in [1.165, 1.54) is 12.1 Å². The van der Waals surface area contributed by atoms with Crippen LogP contribution in [0.25, 0.3) is 0 Å². The van der Waals surface area contributed by atoms with Crippen LogP contribution >= 0.6 is 0 Å². The number of benzene rings is 1. The lowest BCUT2D eigenvalue weighted by atomic mass is 9.82. The number of likely N-dealkylation sites (tertiary alicyclic amines) is 1. The van der Waals surface area contributed by atoms with Crippen molar-refractivity contribution in [2.45, 2.75) is 37.4 Å². The maximum Gasteiger partial charge on any atom is 0.416 e. The van der Waals surface area contributed by atoms with E-state index in [9.17, 15) is 13.2 Å². The fourth-order valence-corrected chi connectivity index (χ4v) is 4.49. The SMILES string of the molecule is CN1CC(CN(C)[C@]2(CCc3cccc(C(F)(F)F)c3)CCCNC2)C1. The molecule has 3 nitrogen and oxygen atoms in total. The molecule has 3 rings (SSSR count). The van der Waals surface area contributed by atoms with Gasteiger partial charge in [-0.05, 0) is 63.9 Å². The molecule has 0 unspecified atom stereocenters. The van der Waals surface area contributed by atoms with Crippen molar-refractivity contribution in [3.8, 4) is 0 Å². The molecular formula is C20H30F3N3. The van der Waals surface area contributed by atoms with Crippen molar-refractivity contribution in [1.29, 1.82) is 0 Å². The normalized spacial score (nSPS) is 25.5. The number of hydrogen-bond donors (Lipinski definition) is 1. The van der Waals surface area contributed by atoms with E-state index in [-0.39, 0.29) is 5.54 Å². The van der Waals surface area contributed by atoms with Crippen LogP contribution in [-0.2, 0) is 12.6 Å². The molecule has 0 aliphatic carbocycles. The highest BCUT2D eigenvalue weighted by Crippen LogP contribution is 2.32. The molecule has 0 amide bonds. The van der Waals surface area contributed by atoms with Gasteiger partial charge >= 0.3 is 6.18 Å². The van der Waals surface area contributed by atoms with Gasteiger partial charge in [0.05, 0.1) is 5.56 Å². The van der Waals surface area contributed by atoms with Crippen molar-refractivity contribution in [1.82, 2.24) is 15.1 Å². The molecule has 2 aliphatic rings. The molecule has 0 aromatic heterocycles. The molecule has 0 saturated carbocycles. The number of aryl methyl sites for hydroxylation is 1. The van der Waals surface area contributed by atoms with Crippen molar-refractivity contribution in [2.24, 2.45) is 5.92 Å². The summed E-state index contributed by atoms with van der Waals surface area (Å²) in [6.45, 7) is 5.30. The lowest BCUT2D eigenvalue weighted by molar-refractivity contribution is -0.137. The summed E-state index contributed by atoms with van der Waals surface area (Å²) in [5, 5.41) is 3.51. The van der Waals surface area contributed by atoms with E-state index in [1.54, 1.807) is 0 Å². The molecule has 146 valence electrons. The van der Waals surface area contributed by atoms with Crippen LogP contribution < -0.4 is 5.32 Å². The Balaban J connectivity index is 1.66. The Kier molecular flexibility index (Phi) is 5.94. The van der Waals surface area contributed by atoms with E-state index in [0.29, 0.717) is 12.3 Å². The van der Waals surface area contributed by atoms with Crippen LogP contribution in [0.1, 0.15) is 30.4 Å². The predicted octanol–water partition coefficient (Wildman–Crippen LogP) is 3.25. The van der Waals surface area contributed by atoms with Crippen LogP contribution in [0.5, 0.6) is 0 Å². The summed E-state index contributed by atoms with van der Waals surface area (Å²) in [6, 6.07) is 5.81. The zero-order valence-electron chi connectivity index (χ0n) is 15.8. The Morgan fingerprint density at radius 3 is 2.69 bits per heavy atom. The smallest absolute Gasteiger partial charge is 0.315 e. The molecule has 2 saturated heterocycles. The van der Waals surface area contributed by atoms with Gasteiger partial charge in [0.25, 0.3) is 0 Å². The number of nitrogens with zero attached hydrogens (tertiary/aromatic N) is 2. The van der Waals surface area contributed by atoms with Gasteiger partial charge in [0, 0.05) is 31.7 Å². The Morgan fingerprint density at radius 2 is 2.08 bits per heavy atom. The van der Waals surface area contributed by atoms with Gasteiger partial charge in [0.2, 0.25) is 0 Å². The van der Waals surface area contributed by atoms with E-state index in [2.05, 4.69) is 29.2 Å². The number of rotatable bonds is 6. The number of likely N-dealkylation sites (N-methyl/N-ethyl adjacent to an activating group) is 1. The van der Waals surface area contributed by atoms with Crippen molar-refractivity contribution in [2.75, 3.05) is 46.8 Å².